The maximum absolute atomic E-state index is 12.9. The second kappa shape index (κ2) is 9.89. The van der Waals surface area contributed by atoms with Crippen molar-refractivity contribution in [3.05, 3.63) is 70.9 Å². The minimum atomic E-state index is -0.411. The molecule has 30 heavy (non-hydrogen) atoms. The zero-order valence-corrected chi connectivity index (χ0v) is 17.1. The Morgan fingerprint density at radius 1 is 1.00 bits per heavy atom. The predicted octanol–water partition coefficient (Wildman–Crippen LogP) is 4.19. The van der Waals surface area contributed by atoms with Crippen LogP contribution in [0.5, 0.6) is 0 Å². The van der Waals surface area contributed by atoms with Gasteiger partial charge in [0.05, 0.1) is 5.69 Å². The van der Waals surface area contributed by atoms with Crippen molar-refractivity contribution in [1.29, 1.82) is 0 Å². The lowest BCUT2D eigenvalue weighted by Crippen LogP contribution is -2.18. The van der Waals surface area contributed by atoms with Crippen molar-refractivity contribution in [2.75, 3.05) is 5.32 Å². The van der Waals surface area contributed by atoms with E-state index in [0.29, 0.717) is 17.2 Å². The molecule has 2 amide bonds. The van der Waals surface area contributed by atoms with Gasteiger partial charge in [-0.05, 0) is 29.8 Å². The summed E-state index contributed by atoms with van der Waals surface area (Å²) in [6.07, 6.45) is 0.0500. The molecule has 8 heteroatoms. The van der Waals surface area contributed by atoms with Gasteiger partial charge in [0.15, 0.2) is 10.9 Å². The molecule has 2 aromatic carbocycles. The van der Waals surface area contributed by atoms with E-state index in [0.717, 1.165) is 16.8 Å². The summed E-state index contributed by atoms with van der Waals surface area (Å²) in [7, 11) is 0. The highest BCUT2D eigenvalue weighted by atomic mass is 32.1. The van der Waals surface area contributed by atoms with Crippen molar-refractivity contribution in [1.82, 2.24) is 10.3 Å². The van der Waals surface area contributed by atoms with Crippen LogP contribution in [0.4, 0.5) is 9.52 Å². The summed E-state index contributed by atoms with van der Waals surface area (Å²) in [5.41, 5.74) is 2.97. The number of aromatic nitrogens is 1. The van der Waals surface area contributed by atoms with E-state index in [1.807, 2.05) is 29.6 Å². The van der Waals surface area contributed by atoms with E-state index >= 15 is 0 Å². The van der Waals surface area contributed by atoms with Gasteiger partial charge in [-0.15, -0.1) is 11.3 Å². The van der Waals surface area contributed by atoms with E-state index in [1.165, 1.54) is 42.5 Å². The van der Waals surface area contributed by atoms with Crippen LogP contribution >= 0.6 is 11.3 Å². The standard InChI is InChI=1S/C22H20FN3O3S/c1-14(27)24-12-15-2-4-16(5-3-15)19-13-30-22(25-19)26-21(29)11-10-20(28)17-6-8-18(23)9-7-17/h2-9,13H,10-12H2,1H3,(H,24,27)(H,25,26,29). The van der Waals surface area contributed by atoms with Gasteiger partial charge in [-0.2, -0.15) is 0 Å². The first kappa shape index (κ1) is 21.3. The van der Waals surface area contributed by atoms with Crippen LogP contribution in [0.2, 0.25) is 0 Å². The van der Waals surface area contributed by atoms with Gasteiger partial charge in [-0.1, -0.05) is 24.3 Å². The number of halogens is 1. The molecule has 0 fully saturated rings. The fourth-order valence-electron chi connectivity index (χ4n) is 2.67. The number of hydrogen-bond donors (Lipinski definition) is 2. The highest BCUT2D eigenvalue weighted by Gasteiger charge is 2.12. The molecule has 0 saturated carbocycles. The molecular formula is C22H20FN3O3S. The molecule has 3 rings (SSSR count). The number of nitrogens with one attached hydrogen (secondary N) is 2. The van der Waals surface area contributed by atoms with Crippen LogP contribution in [0.3, 0.4) is 0 Å². The summed E-state index contributed by atoms with van der Waals surface area (Å²) < 4.78 is 12.9. The molecule has 0 spiro atoms. The largest absolute Gasteiger partial charge is 0.352 e. The Bertz CT molecular complexity index is 1050. The number of benzene rings is 2. The maximum atomic E-state index is 12.9. The van der Waals surface area contributed by atoms with Gasteiger partial charge < -0.3 is 10.6 Å². The van der Waals surface area contributed by atoms with E-state index in [2.05, 4.69) is 15.6 Å². The molecule has 0 saturated heterocycles. The molecule has 154 valence electrons. The number of anilines is 1. The molecule has 0 bridgehead atoms. The summed E-state index contributed by atoms with van der Waals surface area (Å²) in [5.74, 6) is -1.02. The summed E-state index contributed by atoms with van der Waals surface area (Å²) in [5, 5.41) is 7.73. The van der Waals surface area contributed by atoms with Crippen molar-refractivity contribution in [2.45, 2.75) is 26.3 Å². The summed E-state index contributed by atoms with van der Waals surface area (Å²) >= 11 is 1.30. The molecule has 1 heterocycles. The van der Waals surface area contributed by atoms with Crippen LogP contribution < -0.4 is 10.6 Å². The molecule has 0 radical (unpaired) electrons. The van der Waals surface area contributed by atoms with E-state index < -0.39 is 5.82 Å². The van der Waals surface area contributed by atoms with Crippen LogP contribution in [0.25, 0.3) is 11.3 Å². The van der Waals surface area contributed by atoms with Crippen molar-refractivity contribution in [2.24, 2.45) is 0 Å². The third kappa shape index (κ3) is 6.05. The van der Waals surface area contributed by atoms with Gasteiger partial charge in [0.2, 0.25) is 11.8 Å². The molecule has 0 aliphatic heterocycles. The predicted molar refractivity (Wildman–Crippen MR) is 114 cm³/mol. The molecule has 2 N–H and O–H groups in total. The lowest BCUT2D eigenvalue weighted by atomic mass is 10.1. The minimum Gasteiger partial charge on any atom is -0.352 e. The molecular weight excluding hydrogens is 405 g/mol. The second-order valence-corrected chi connectivity index (χ2v) is 7.48. The zero-order chi connectivity index (χ0) is 21.5. The number of ketones is 1. The Labute approximate surface area is 177 Å². The Kier molecular flexibility index (Phi) is 7.03. The van der Waals surface area contributed by atoms with Gasteiger partial charge >= 0.3 is 0 Å². The number of amides is 2. The first-order valence-electron chi connectivity index (χ1n) is 9.28. The van der Waals surface area contributed by atoms with Gasteiger partial charge in [0, 0.05) is 42.8 Å². The van der Waals surface area contributed by atoms with E-state index in [9.17, 15) is 18.8 Å². The Balaban J connectivity index is 1.52. The average Bonchev–Trinajstić information content (AvgIpc) is 3.19. The van der Waals surface area contributed by atoms with E-state index in [4.69, 9.17) is 0 Å². The number of carbonyl (C=O) groups excluding carboxylic acids is 3. The van der Waals surface area contributed by atoms with Crippen molar-refractivity contribution < 1.29 is 18.8 Å². The summed E-state index contributed by atoms with van der Waals surface area (Å²) in [6.45, 7) is 1.93. The zero-order valence-electron chi connectivity index (χ0n) is 16.3. The maximum Gasteiger partial charge on any atom is 0.226 e. The van der Waals surface area contributed by atoms with Gasteiger partial charge in [-0.3, -0.25) is 14.4 Å². The van der Waals surface area contributed by atoms with Crippen LogP contribution in [-0.2, 0) is 16.1 Å². The number of carbonyl (C=O) groups is 3. The highest BCUT2D eigenvalue weighted by molar-refractivity contribution is 7.14. The van der Waals surface area contributed by atoms with E-state index in [1.54, 1.807) is 0 Å². The Hall–Kier alpha value is -3.39. The quantitative estimate of drug-likeness (QED) is 0.530. The first-order chi connectivity index (χ1) is 14.4. The monoisotopic (exact) mass is 425 g/mol. The molecule has 6 nitrogen and oxygen atoms in total. The van der Waals surface area contributed by atoms with Crippen LogP contribution in [0.15, 0.2) is 53.9 Å². The molecule has 0 aliphatic carbocycles. The van der Waals surface area contributed by atoms with Gasteiger partial charge in [0.25, 0.3) is 0 Å². The highest BCUT2D eigenvalue weighted by Crippen LogP contribution is 2.25. The third-order valence-corrected chi connectivity index (χ3v) is 5.04. The Morgan fingerprint density at radius 2 is 1.70 bits per heavy atom. The van der Waals surface area contributed by atoms with Crippen LogP contribution in [-0.4, -0.2) is 22.6 Å². The Morgan fingerprint density at radius 3 is 2.37 bits per heavy atom. The summed E-state index contributed by atoms with van der Waals surface area (Å²) in [4.78, 5) is 39.6. The minimum absolute atomic E-state index is 0.0168. The lowest BCUT2D eigenvalue weighted by molar-refractivity contribution is -0.119. The first-order valence-corrected chi connectivity index (χ1v) is 10.2. The number of thiazole rings is 1. The molecule has 0 atom stereocenters. The lowest BCUT2D eigenvalue weighted by Gasteiger charge is -2.04. The average molecular weight is 425 g/mol. The smallest absolute Gasteiger partial charge is 0.226 e. The number of hydrogen-bond acceptors (Lipinski definition) is 5. The number of Topliss-reactive ketones (excluding diaryl/α,β-unsaturated/α-hetero) is 1. The molecule has 0 aliphatic rings. The van der Waals surface area contributed by atoms with Crippen LogP contribution in [0.1, 0.15) is 35.7 Å². The molecule has 3 aromatic rings. The molecule has 1 aromatic heterocycles. The second-order valence-electron chi connectivity index (χ2n) is 6.62. The van der Waals surface area contributed by atoms with Crippen LogP contribution in [0, 0.1) is 5.82 Å². The topological polar surface area (TPSA) is 88.2 Å². The van der Waals surface area contributed by atoms with Crippen molar-refractivity contribution in [3.8, 4) is 11.3 Å². The number of rotatable bonds is 8. The SMILES string of the molecule is CC(=O)NCc1ccc(-c2csc(NC(=O)CCC(=O)c3ccc(F)cc3)n2)cc1. The molecule has 0 unspecified atom stereocenters. The third-order valence-electron chi connectivity index (χ3n) is 4.29. The van der Waals surface area contributed by atoms with E-state index in [-0.39, 0.29) is 30.4 Å². The fraction of sp³-hybridized carbons (Fsp3) is 0.182. The van der Waals surface area contributed by atoms with Gasteiger partial charge in [-0.25, -0.2) is 9.37 Å². The number of nitrogens with zero attached hydrogens (tertiary/aromatic N) is 1. The normalized spacial score (nSPS) is 10.5. The van der Waals surface area contributed by atoms with Crippen molar-refractivity contribution >= 4 is 34.1 Å². The fourth-order valence-corrected chi connectivity index (χ4v) is 3.41. The summed E-state index contributed by atoms with van der Waals surface area (Å²) in [6, 6.07) is 12.9. The van der Waals surface area contributed by atoms with Crippen molar-refractivity contribution in [3.63, 3.8) is 0 Å². The van der Waals surface area contributed by atoms with Gasteiger partial charge in [0.1, 0.15) is 5.82 Å².